The predicted molar refractivity (Wildman–Crippen MR) is 105 cm³/mol. The maximum Gasteiger partial charge on any atom is 0.113 e. The molecule has 138 valence electrons. The molecule has 0 aliphatic heterocycles. The minimum absolute atomic E-state index is 0.101. The van der Waals surface area contributed by atoms with Gasteiger partial charge in [0.1, 0.15) is 5.52 Å². The van der Waals surface area contributed by atoms with Crippen LogP contribution in [0.25, 0.3) is 11.0 Å². The van der Waals surface area contributed by atoms with E-state index < -0.39 is 0 Å². The third-order valence-corrected chi connectivity index (χ3v) is 5.24. The monoisotopic (exact) mass is 372 g/mol. The molecule has 3 aromatic rings. The standard InChI is InChI=1S/C20H25ClN4O/c1-13-15(10-21)8-16(11-22-13)19(20(2,3)12-26-5)14-6-7-18-17(9-14)23-24-25(18)4/h6-9,11,19H,10,12H2,1-5H3. The molecule has 0 saturated heterocycles. The number of hydrogen-bond donors (Lipinski definition) is 0. The predicted octanol–water partition coefficient (Wildman–Crippen LogP) is 4.22. The number of aromatic nitrogens is 4. The van der Waals surface area contributed by atoms with Gasteiger partial charge in [0, 0.05) is 37.8 Å². The fourth-order valence-corrected chi connectivity index (χ4v) is 3.95. The number of aryl methyl sites for hydroxylation is 2. The SMILES string of the molecule is COCC(C)(C)C(c1cnc(C)c(CCl)c1)c1ccc2c(c1)nnn2C. The van der Waals surface area contributed by atoms with Crippen molar-refractivity contribution in [3.63, 3.8) is 0 Å². The van der Waals surface area contributed by atoms with E-state index in [1.807, 2.05) is 20.2 Å². The molecular formula is C20H25ClN4O. The molecule has 2 aromatic heterocycles. The summed E-state index contributed by atoms with van der Waals surface area (Å²) in [7, 11) is 3.64. The number of methoxy groups -OCH3 is 1. The Labute approximate surface area is 159 Å². The Morgan fingerprint density at radius 2 is 2.00 bits per heavy atom. The Bertz CT molecular complexity index is 919. The van der Waals surface area contributed by atoms with E-state index in [4.69, 9.17) is 16.3 Å². The van der Waals surface area contributed by atoms with E-state index in [0.717, 1.165) is 27.9 Å². The first-order valence-corrected chi connectivity index (χ1v) is 9.20. The van der Waals surface area contributed by atoms with Gasteiger partial charge in [0.15, 0.2) is 0 Å². The lowest BCUT2D eigenvalue weighted by Crippen LogP contribution is -2.28. The molecule has 0 radical (unpaired) electrons. The van der Waals surface area contributed by atoms with E-state index in [-0.39, 0.29) is 11.3 Å². The van der Waals surface area contributed by atoms with Crippen molar-refractivity contribution in [1.82, 2.24) is 20.0 Å². The number of hydrogen-bond acceptors (Lipinski definition) is 4. The number of fused-ring (bicyclic) bond motifs is 1. The average molecular weight is 373 g/mol. The van der Waals surface area contributed by atoms with Crippen LogP contribution in [0, 0.1) is 12.3 Å². The molecule has 0 aliphatic rings. The molecule has 0 bridgehead atoms. The summed E-state index contributed by atoms with van der Waals surface area (Å²) in [6, 6.07) is 8.50. The maximum absolute atomic E-state index is 6.13. The highest BCUT2D eigenvalue weighted by molar-refractivity contribution is 6.17. The van der Waals surface area contributed by atoms with Crippen molar-refractivity contribution in [3.05, 3.63) is 52.8 Å². The number of alkyl halides is 1. The molecule has 1 unspecified atom stereocenters. The van der Waals surface area contributed by atoms with E-state index in [9.17, 15) is 0 Å². The van der Waals surface area contributed by atoms with E-state index in [1.54, 1.807) is 11.8 Å². The van der Waals surface area contributed by atoms with Gasteiger partial charge in [-0.25, -0.2) is 4.68 Å². The number of halogens is 1. The maximum atomic E-state index is 6.13. The van der Waals surface area contributed by atoms with Crippen molar-refractivity contribution in [2.45, 2.75) is 32.6 Å². The molecule has 0 aliphatic carbocycles. The van der Waals surface area contributed by atoms with Crippen molar-refractivity contribution in [3.8, 4) is 0 Å². The number of nitrogens with zero attached hydrogens (tertiary/aromatic N) is 4. The molecule has 0 saturated carbocycles. The topological polar surface area (TPSA) is 52.8 Å². The summed E-state index contributed by atoms with van der Waals surface area (Å²) in [5, 5.41) is 8.39. The smallest absolute Gasteiger partial charge is 0.113 e. The normalized spacial score (nSPS) is 13.3. The highest BCUT2D eigenvalue weighted by Gasteiger charge is 2.33. The lowest BCUT2D eigenvalue weighted by Gasteiger charge is -2.35. The van der Waals surface area contributed by atoms with Crippen molar-refractivity contribution in [1.29, 1.82) is 0 Å². The van der Waals surface area contributed by atoms with E-state index in [1.165, 1.54) is 5.56 Å². The molecule has 26 heavy (non-hydrogen) atoms. The number of rotatable bonds is 6. The fourth-order valence-electron chi connectivity index (χ4n) is 3.68. The largest absolute Gasteiger partial charge is 0.384 e. The average Bonchev–Trinajstić information content (AvgIpc) is 2.97. The molecule has 1 aromatic carbocycles. The highest BCUT2D eigenvalue weighted by atomic mass is 35.5. The Kier molecular flexibility index (Phi) is 5.30. The number of benzene rings is 1. The lowest BCUT2D eigenvalue weighted by molar-refractivity contribution is 0.0929. The van der Waals surface area contributed by atoms with Gasteiger partial charge in [0.2, 0.25) is 0 Å². The van der Waals surface area contributed by atoms with Crippen LogP contribution in [0.3, 0.4) is 0 Å². The van der Waals surface area contributed by atoms with E-state index in [0.29, 0.717) is 12.5 Å². The van der Waals surface area contributed by atoms with Gasteiger partial charge in [-0.2, -0.15) is 0 Å². The fraction of sp³-hybridized carbons (Fsp3) is 0.450. The lowest BCUT2D eigenvalue weighted by atomic mass is 9.72. The van der Waals surface area contributed by atoms with Crippen LogP contribution in [-0.2, 0) is 17.7 Å². The molecule has 0 N–H and O–H groups in total. The quantitative estimate of drug-likeness (QED) is 0.608. The molecule has 0 amide bonds. The second kappa shape index (κ2) is 7.33. The van der Waals surface area contributed by atoms with Crippen molar-refractivity contribution < 1.29 is 4.74 Å². The van der Waals surface area contributed by atoms with Crippen molar-refractivity contribution in [2.24, 2.45) is 12.5 Å². The van der Waals surface area contributed by atoms with Crippen LogP contribution in [0.4, 0.5) is 0 Å². The van der Waals surface area contributed by atoms with Gasteiger partial charge in [-0.3, -0.25) is 4.98 Å². The van der Waals surface area contributed by atoms with Crippen LogP contribution in [-0.4, -0.2) is 33.7 Å². The third kappa shape index (κ3) is 3.46. The second-order valence-corrected chi connectivity index (χ2v) is 7.73. The Balaban J connectivity index is 2.16. The Morgan fingerprint density at radius 3 is 2.69 bits per heavy atom. The van der Waals surface area contributed by atoms with Crippen LogP contribution in [0.1, 0.15) is 42.1 Å². The van der Waals surface area contributed by atoms with Gasteiger partial charge in [-0.15, -0.1) is 16.7 Å². The molecule has 0 fully saturated rings. The summed E-state index contributed by atoms with van der Waals surface area (Å²) < 4.78 is 7.31. The van der Waals surface area contributed by atoms with Crippen LogP contribution in [0.2, 0.25) is 0 Å². The van der Waals surface area contributed by atoms with Gasteiger partial charge < -0.3 is 4.74 Å². The first-order chi connectivity index (χ1) is 12.4. The van der Waals surface area contributed by atoms with Crippen molar-refractivity contribution >= 4 is 22.6 Å². The highest BCUT2D eigenvalue weighted by Crippen LogP contribution is 2.42. The molecule has 1 atom stereocenters. The van der Waals surface area contributed by atoms with Crippen LogP contribution in [0.15, 0.2) is 30.5 Å². The van der Waals surface area contributed by atoms with Gasteiger partial charge >= 0.3 is 0 Å². The molecule has 2 heterocycles. The van der Waals surface area contributed by atoms with Crippen LogP contribution in [0.5, 0.6) is 0 Å². The van der Waals surface area contributed by atoms with Gasteiger partial charge in [0.25, 0.3) is 0 Å². The second-order valence-electron chi connectivity index (χ2n) is 7.46. The van der Waals surface area contributed by atoms with Crippen LogP contribution >= 0.6 is 11.6 Å². The van der Waals surface area contributed by atoms with Gasteiger partial charge in [0.05, 0.1) is 12.1 Å². The Hall–Kier alpha value is -1.98. The first-order valence-electron chi connectivity index (χ1n) is 8.67. The van der Waals surface area contributed by atoms with E-state index in [2.05, 4.69) is 53.4 Å². The Morgan fingerprint density at radius 1 is 1.23 bits per heavy atom. The zero-order valence-corrected chi connectivity index (χ0v) is 16.7. The first kappa shape index (κ1) is 18.8. The van der Waals surface area contributed by atoms with E-state index >= 15 is 0 Å². The number of pyridine rings is 1. The minimum atomic E-state index is -0.134. The zero-order chi connectivity index (χ0) is 18.9. The van der Waals surface area contributed by atoms with Gasteiger partial charge in [-0.1, -0.05) is 31.2 Å². The molecule has 6 heteroatoms. The van der Waals surface area contributed by atoms with Crippen molar-refractivity contribution in [2.75, 3.05) is 13.7 Å². The number of ether oxygens (including phenoxy) is 1. The summed E-state index contributed by atoms with van der Waals surface area (Å²) in [5.74, 6) is 0.553. The molecule has 3 rings (SSSR count). The minimum Gasteiger partial charge on any atom is -0.384 e. The van der Waals surface area contributed by atoms with Gasteiger partial charge in [-0.05, 0) is 41.2 Å². The summed E-state index contributed by atoms with van der Waals surface area (Å²) in [5.41, 5.74) is 6.11. The van der Waals surface area contributed by atoms with Crippen LogP contribution < -0.4 is 0 Å². The molecule has 5 nitrogen and oxygen atoms in total. The molecular weight excluding hydrogens is 348 g/mol. The summed E-state index contributed by atoms with van der Waals surface area (Å²) in [6.45, 7) is 7.03. The summed E-state index contributed by atoms with van der Waals surface area (Å²) in [4.78, 5) is 4.58. The molecule has 0 spiro atoms. The summed E-state index contributed by atoms with van der Waals surface area (Å²) >= 11 is 6.13. The third-order valence-electron chi connectivity index (χ3n) is 4.96. The zero-order valence-electron chi connectivity index (χ0n) is 16.0. The summed E-state index contributed by atoms with van der Waals surface area (Å²) in [6.07, 6.45) is 1.95.